The first-order valence-electron chi connectivity index (χ1n) is 23.7. The molecule has 0 bridgehead atoms. The van der Waals surface area contributed by atoms with Crippen LogP contribution in [0.4, 0.5) is 0 Å². The molecule has 0 aliphatic carbocycles. The molecule has 0 N–H and O–H groups in total. The Morgan fingerprint density at radius 1 is 0.211 bits per heavy atom. The van der Waals surface area contributed by atoms with E-state index in [0.29, 0.717) is 0 Å². The molecule has 0 aromatic heterocycles. The van der Waals surface area contributed by atoms with Crippen LogP contribution in [0.1, 0.15) is 0 Å². The van der Waals surface area contributed by atoms with Gasteiger partial charge in [-0.3, -0.25) is 0 Å². The van der Waals surface area contributed by atoms with Gasteiger partial charge in [-0.05, 0) is 72.8 Å². The minimum absolute atomic E-state index is 0. The Morgan fingerprint density at radius 2 is 0.394 bits per heavy atom. The zero-order valence-electron chi connectivity index (χ0n) is 40.0. The van der Waals surface area contributed by atoms with E-state index in [1.165, 1.54) is 51.8 Å². The molecule has 360 valence electrons. The number of hydrogen-bond acceptors (Lipinski definition) is 0. The van der Waals surface area contributed by atoms with Crippen molar-refractivity contribution in [2.24, 2.45) is 0 Å². The van der Waals surface area contributed by atoms with Crippen LogP contribution in [0.25, 0.3) is 0 Å². The van der Waals surface area contributed by atoms with Gasteiger partial charge in [-0.15, -0.1) is 0 Å². The molecule has 0 nitrogen and oxygen atoms in total. The smallest absolute Gasteiger partial charge is 0.184 e. The van der Waals surface area contributed by atoms with E-state index in [4.69, 9.17) is 0 Å². The number of hydrogen-bond donors (Lipinski definition) is 0. The molecule has 71 heavy (non-hydrogen) atoms. The van der Waals surface area contributed by atoms with Crippen molar-refractivity contribution in [1.82, 2.24) is 0 Å². The molecule has 2 unspecified atom stereocenters. The van der Waals surface area contributed by atoms with Gasteiger partial charge < -0.3 is 0 Å². The third kappa shape index (κ3) is 23.6. The summed E-state index contributed by atoms with van der Waals surface area (Å²) in [5.74, 6) is 1.38. The summed E-state index contributed by atoms with van der Waals surface area (Å²) in [7, 11) is -3.25. The van der Waals surface area contributed by atoms with Crippen molar-refractivity contribution in [3.8, 4) is 0 Å². The van der Waals surface area contributed by atoms with Gasteiger partial charge >= 0.3 is 42.1 Å². The van der Waals surface area contributed by atoms with Crippen molar-refractivity contribution in [3.63, 3.8) is 0 Å². The molecule has 0 fully saturated rings. The average molecular weight is 1360 g/mol. The molecule has 10 aromatic rings. The van der Waals surface area contributed by atoms with Gasteiger partial charge in [-0.2, -0.15) is 146 Å². The van der Waals surface area contributed by atoms with E-state index >= 15 is 0 Å². The zero-order chi connectivity index (χ0) is 47.5. The maximum absolute atomic E-state index is 2.89. The topological polar surface area (TPSA) is 0 Å². The predicted octanol–water partition coefficient (Wildman–Crippen LogP) is 13.7. The summed E-state index contributed by atoms with van der Waals surface area (Å²) in [6, 6.07) is 118. The summed E-state index contributed by atoms with van der Waals surface area (Å²) in [4.78, 5) is 0. The Labute approximate surface area is 460 Å². The summed E-state index contributed by atoms with van der Waals surface area (Å²) in [5.41, 5.74) is 0. The minimum atomic E-state index is -0.856. The molecule has 6 heteroatoms. The van der Waals surface area contributed by atoms with Crippen LogP contribution in [0.15, 0.2) is 303 Å². The Balaban J connectivity index is 0.000000339. The molecule has 0 amide bonds. The first-order valence-corrected chi connectivity index (χ1v) is 31.0. The molecule has 0 heterocycles. The normalized spacial score (nSPS) is 10.7. The van der Waals surface area contributed by atoms with Crippen LogP contribution in [0.3, 0.4) is 0 Å². The number of benzene rings is 10. The molecule has 0 saturated heterocycles. The van der Waals surface area contributed by atoms with Crippen molar-refractivity contribution >= 4 is 63.5 Å². The van der Waals surface area contributed by atoms with E-state index in [0.717, 1.165) is 0 Å². The van der Waals surface area contributed by atoms with Crippen LogP contribution >= 0.6 is 31.7 Å². The summed E-state index contributed by atoms with van der Waals surface area (Å²) in [6.45, 7) is 0. The second-order valence-electron chi connectivity index (χ2n) is 15.8. The van der Waals surface area contributed by atoms with Gasteiger partial charge in [0.15, 0.2) is 5.90 Å². The fourth-order valence-electron chi connectivity index (χ4n) is 7.66. The van der Waals surface area contributed by atoms with Crippen LogP contribution < -0.4 is 31.8 Å². The van der Waals surface area contributed by atoms with E-state index in [1.807, 2.05) is 121 Å². The molecule has 2 atom stereocenters. The van der Waals surface area contributed by atoms with Crippen molar-refractivity contribution in [2.75, 3.05) is 30.6 Å². The molecule has 10 aromatic carbocycles. The fourth-order valence-corrected chi connectivity index (χ4v) is 23.3. The first kappa shape index (κ1) is 58.9. The molecule has 0 spiro atoms. The first-order chi connectivity index (χ1) is 34.3. The van der Waals surface area contributed by atoms with E-state index < -0.39 is 31.7 Å². The van der Waals surface area contributed by atoms with E-state index in [1.54, 1.807) is 10.6 Å². The molecular formula is C65H64P4Pt2+4. The summed E-state index contributed by atoms with van der Waals surface area (Å²) >= 11 is 0. The fraction of sp³-hybridized carbons (Fsp3) is 0.0769. The predicted molar refractivity (Wildman–Crippen MR) is 315 cm³/mol. The largest absolute Gasteiger partial charge is 2.00 e. The molecular weight excluding hydrogens is 1290 g/mol. The van der Waals surface area contributed by atoms with Crippen LogP contribution in [0.2, 0.25) is 0 Å². The third-order valence-electron chi connectivity index (χ3n) is 11.1. The van der Waals surface area contributed by atoms with Crippen LogP contribution in [-0.4, -0.2) is 30.6 Å². The van der Waals surface area contributed by atoms with Gasteiger partial charge in [0.2, 0.25) is 0 Å². The van der Waals surface area contributed by atoms with Crippen LogP contribution in [-0.2, 0) is 42.1 Å². The summed E-state index contributed by atoms with van der Waals surface area (Å²) in [5, 5.41) is 9.37. The van der Waals surface area contributed by atoms with Gasteiger partial charge in [0.25, 0.3) is 0 Å². The van der Waals surface area contributed by atoms with Crippen LogP contribution in [0.5, 0.6) is 0 Å². The summed E-state index contributed by atoms with van der Waals surface area (Å²) < 4.78 is 0. The SMILES string of the molecule is [Pt+2].[Pt+2].[c-]1ccccc1.[c-]1ccccc1.[c-]1ccccc1.[c-]1ccccc1.c1ccc([PH+](CC[PH+](c2ccccc2)c2ccccc2)C[PH+](CC[PH+](c2ccccc2)c2ccccc2)c2ccccc2)cc1. The van der Waals surface area contributed by atoms with Crippen molar-refractivity contribution in [3.05, 3.63) is 328 Å². The quantitative estimate of drug-likeness (QED) is 0.0752. The van der Waals surface area contributed by atoms with Crippen LogP contribution in [0, 0.1) is 24.3 Å². The van der Waals surface area contributed by atoms with Crippen molar-refractivity contribution < 1.29 is 42.1 Å². The Bertz CT molecular complexity index is 2240. The number of rotatable bonds is 14. The molecule has 0 radical (unpaired) electrons. The standard InChI is InChI=1S/C41H40P4.4C6H5.2Pt/c1-7-19-36(20-8-1)42(31-33-44(38-23-11-3-12-24-38)39-25-13-4-14-26-39)35-43(37-21-9-2-10-22-37)32-34-45(40-27-15-5-16-28-40)41-29-17-6-18-30-41;4*1-2-4-6-5-3-1;;/h1-30H,31-35H2;4*1-5H;;/q;4*-1;2*+2/p+4. The zero-order valence-corrected chi connectivity index (χ0v) is 48.6. The second-order valence-corrected chi connectivity index (χ2v) is 27.1. The van der Waals surface area contributed by atoms with Crippen molar-refractivity contribution in [1.29, 1.82) is 0 Å². The summed E-state index contributed by atoms with van der Waals surface area (Å²) in [6.07, 6.45) is 5.22. The van der Waals surface area contributed by atoms with Gasteiger partial charge in [0.1, 0.15) is 12.3 Å². The Kier molecular flexibility index (Phi) is 31.5. The molecule has 0 saturated carbocycles. The Morgan fingerprint density at radius 3 is 0.563 bits per heavy atom. The van der Waals surface area contributed by atoms with E-state index in [2.05, 4.69) is 206 Å². The van der Waals surface area contributed by atoms with Gasteiger partial charge in [0.05, 0.1) is 75.8 Å². The van der Waals surface area contributed by atoms with E-state index in [-0.39, 0.29) is 42.1 Å². The third-order valence-corrected chi connectivity index (χ3v) is 25.1. The maximum atomic E-state index is 2.89. The molecule has 0 aliphatic heterocycles. The average Bonchev–Trinajstić information content (AvgIpc) is 3.46. The second kappa shape index (κ2) is 38.0. The monoisotopic (exact) mass is 1360 g/mol. The Hall–Kier alpha value is -4.70. The van der Waals surface area contributed by atoms with Crippen molar-refractivity contribution in [2.45, 2.75) is 0 Å². The van der Waals surface area contributed by atoms with Gasteiger partial charge in [-0.25, -0.2) is 0 Å². The maximum Gasteiger partial charge on any atom is 2.00 e. The minimum Gasteiger partial charge on any atom is -0.184 e. The molecule has 10 rings (SSSR count). The van der Waals surface area contributed by atoms with Gasteiger partial charge in [0, 0.05) is 0 Å². The molecule has 0 aliphatic rings. The van der Waals surface area contributed by atoms with E-state index in [9.17, 15) is 0 Å². The van der Waals surface area contributed by atoms with Gasteiger partial charge in [-0.1, -0.05) is 109 Å².